The first kappa shape index (κ1) is 12.1. The monoisotopic (exact) mass is 243 g/mol. The molecule has 0 amide bonds. The van der Waals surface area contributed by atoms with Crippen LogP contribution in [0.1, 0.15) is 50.2 Å². The molecular weight excluding hydrogens is 226 g/mol. The topological polar surface area (TPSA) is 23.8 Å². The van der Waals surface area contributed by atoms with Crippen molar-refractivity contribution in [3.05, 3.63) is 34.7 Å². The summed E-state index contributed by atoms with van der Waals surface area (Å²) in [6.07, 6.45) is 3.67. The van der Waals surface area contributed by atoms with Gasteiger partial charge in [-0.3, -0.25) is 0 Å². The number of hydrogen-bond donors (Lipinski definition) is 0. The highest BCUT2D eigenvalue weighted by molar-refractivity contribution is 7.17. The van der Waals surface area contributed by atoms with Gasteiger partial charge >= 0.3 is 0 Å². The number of fused-ring (bicyclic) bond motifs is 1. The summed E-state index contributed by atoms with van der Waals surface area (Å²) in [6.45, 7) is 4.50. The van der Waals surface area contributed by atoms with Gasteiger partial charge in [0.15, 0.2) is 0 Å². The lowest BCUT2D eigenvalue weighted by Gasteiger charge is -2.12. The molecular formula is C15H17NS. The molecule has 1 heterocycles. The Morgan fingerprint density at radius 1 is 1.35 bits per heavy atom. The van der Waals surface area contributed by atoms with Crippen molar-refractivity contribution in [1.82, 2.24) is 0 Å². The molecule has 0 bridgehead atoms. The highest BCUT2D eigenvalue weighted by Gasteiger charge is 2.13. The van der Waals surface area contributed by atoms with Crippen LogP contribution in [-0.2, 0) is 0 Å². The number of nitrogens with zero attached hydrogens (tertiary/aromatic N) is 1. The minimum absolute atomic E-state index is 0.668. The van der Waals surface area contributed by atoms with Crippen molar-refractivity contribution in [2.45, 2.75) is 39.0 Å². The highest BCUT2D eigenvalue weighted by atomic mass is 32.1. The third-order valence-electron chi connectivity index (χ3n) is 3.30. The van der Waals surface area contributed by atoms with Crippen LogP contribution >= 0.6 is 11.3 Å². The Hall–Kier alpha value is -1.33. The van der Waals surface area contributed by atoms with E-state index in [9.17, 15) is 0 Å². The van der Waals surface area contributed by atoms with Crippen molar-refractivity contribution >= 4 is 21.4 Å². The second-order valence-electron chi connectivity index (χ2n) is 4.41. The van der Waals surface area contributed by atoms with Gasteiger partial charge in [-0.2, -0.15) is 5.26 Å². The fraction of sp³-hybridized carbons (Fsp3) is 0.400. The Morgan fingerprint density at radius 2 is 2.18 bits per heavy atom. The van der Waals surface area contributed by atoms with E-state index >= 15 is 0 Å². The first-order chi connectivity index (χ1) is 8.30. The smallest absolute Gasteiger partial charge is 0.0992 e. The molecule has 88 valence electrons. The molecule has 0 saturated carbocycles. The van der Waals surface area contributed by atoms with Crippen molar-refractivity contribution in [3.8, 4) is 6.07 Å². The van der Waals surface area contributed by atoms with Gasteiger partial charge in [0.2, 0.25) is 0 Å². The lowest BCUT2D eigenvalue weighted by atomic mass is 9.92. The summed E-state index contributed by atoms with van der Waals surface area (Å²) in [5, 5.41) is 12.5. The van der Waals surface area contributed by atoms with Gasteiger partial charge in [-0.05, 0) is 47.2 Å². The summed E-state index contributed by atoms with van der Waals surface area (Å²) in [6, 6.07) is 8.24. The summed E-state index contributed by atoms with van der Waals surface area (Å²) in [5.74, 6) is 0.668. The molecule has 0 aliphatic carbocycles. The van der Waals surface area contributed by atoms with E-state index in [1.165, 1.54) is 34.9 Å². The quantitative estimate of drug-likeness (QED) is 0.735. The fourth-order valence-corrected chi connectivity index (χ4v) is 3.44. The van der Waals surface area contributed by atoms with E-state index in [1.54, 1.807) is 11.3 Å². The molecule has 2 aromatic rings. The Labute approximate surface area is 107 Å². The zero-order chi connectivity index (χ0) is 12.3. The lowest BCUT2D eigenvalue weighted by Crippen LogP contribution is -1.95. The van der Waals surface area contributed by atoms with Crippen LogP contribution in [0.5, 0.6) is 0 Å². The molecule has 0 fully saturated rings. The molecule has 0 aliphatic heterocycles. The molecule has 17 heavy (non-hydrogen) atoms. The Kier molecular flexibility index (Phi) is 3.81. The predicted octanol–water partition coefficient (Wildman–Crippen LogP) is 5.07. The summed E-state index contributed by atoms with van der Waals surface area (Å²) >= 11 is 1.76. The van der Waals surface area contributed by atoms with Crippen molar-refractivity contribution in [3.63, 3.8) is 0 Å². The first-order valence-corrected chi connectivity index (χ1v) is 7.09. The second kappa shape index (κ2) is 5.33. The Balaban J connectivity index is 2.46. The Bertz CT molecular complexity index is 548. The van der Waals surface area contributed by atoms with Crippen LogP contribution < -0.4 is 0 Å². The molecule has 0 spiro atoms. The number of rotatable bonds is 4. The van der Waals surface area contributed by atoms with E-state index in [-0.39, 0.29) is 0 Å². The van der Waals surface area contributed by atoms with Crippen LogP contribution in [0.15, 0.2) is 23.6 Å². The van der Waals surface area contributed by atoms with Gasteiger partial charge in [-0.15, -0.1) is 11.3 Å². The zero-order valence-electron chi connectivity index (χ0n) is 10.4. The van der Waals surface area contributed by atoms with Crippen LogP contribution in [0.3, 0.4) is 0 Å². The van der Waals surface area contributed by atoms with E-state index in [1.807, 2.05) is 12.1 Å². The average molecular weight is 243 g/mol. The van der Waals surface area contributed by atoms with Crippen LogP contribution in [0.25, 0.3) is 10.1 Å². The van der Waals surface area contributed by atoms with Gasteiger partial charge < -0.3 is 0 Å². The summed E-state index contributed by atoms with van der Waals surface area (Å²) in [5.41, 5.74) is 2.23. The molecule has 0 radical (unpaired) electrons. The third kappa shape index (κ3) is 2.35. The van der Waals surface area contributed by atoms with Gasteiger partial charge in [0.05, 0.1) is 11.6 Å². The van der Waals surface area contributed by atoms with Crippen molar-refractivity contribution in [2.75, 3.05) is 0 Å². The van der Waals surface area contributed by atoms with E-state index in [0.717, 1.165) is 5.56 Å². The second-order valence-corrected chi connectivity index (χ2v) is 5.32. The van der Waals surface area contributed by atoms with Crippen LogP contribution in [-0.4, -0.2) is 0 Å². The van der Waals surface area contributed by atoms with E-state index in [0.29, 0.717) is 5.92 Å². The zero-order valence-corrected chi connectivity index (χ0v) is 11.2. The maximum Gasteiger partial charge on any atom is 0.0992 e. The minimum atomic E-state index is 0.668. The maximum atomic E-state index is 8.90. The maximum absolute atomic E-state index is 8.90. The normalized spacial score (nSPS) is 12.5. The number of benzene rings is 1. The lowest BCUT2D eigenvalue weighted by molar-refractivity contribution is 0.601. The molecule has 0 saturated heterocycles. The molecule has 1 nitrogen and oxygen atoms in total. The highest BCUT2D eigenvalue weighted by Crippen LogP contribution is 2.35. The molecule has 1 atom stereocenters. The van der Waals surface area contributed by atoms with Crippen LogP contribution in [0.2, 0.25) is 0 Å². The molecule has 2 rings (SSSR count). The number of nitriles is 1. The van der Waals surface area contributed by atoms with Gasteiger partial charge in [-0.25, -0.2) is 0 Å². The molecule has 1 aromatic heterocycles. The van der Waals surface area contributed by atoms with Crippen molar-refractivity contribution < 1.29 is 0 Å². The predicted molar refractivity (Wildman–Crippen MR) is 74.5 cm³/mol. The third-order valence-corrected chi connectivity index (χ3v) is 4.27. The molecule has 0 aliphatic rings. The van der Waals surface area contributed by atoms with Gasteiger partial charge in [0.1, 0.15) is 0 Å². The minimum Gasteiger partial charge on any atom is -0.192 e. The van der Waals surface area contributed by atoms with Crippen LogP contribution in [0.4, 0.5) is 0 Å². The molecule has 1 unspecified atom stereocenters. The summed E-state index contributed by atoms with van der Waals surface area (Å²) < 4.78 is 1.24. The Morgan fingerprint density at radius 3 is 2.82 bits per heavy atom. The van der Waals surface area contributed by atoms with E-state index in [2.05, 4.69) is 31.4 Å². The van der Waals surface area contributed by atoms with E-state index in [4.69, 9.17) is 5.26 Å². The number of thiophene rings is 1. The van der Waals surface area contributed by atoms with Gasteiger partial charge in [-0.1, -0.05) is 26.3 Å². The largest absolute Gasteiger partial charge is 0.192 e. The first-order valence-electron chi connectivity index (χ1n) is 6.21. The van der Waals surface area contributed by atoms with Crippen molar-refractivity contribution in [1.29, 1.82) is 5.26 Å². The van der Waals surface area contributed by atoms with Gasteiger partial charge in [0, 0.05) is 4.70 Å². The molecule has 2 heteroatoms. The molecule has 1 aromatic carbocycles. The van der Waals surface area contributed by atoms with Gasteiger partial charge in [0.25, 0.3) is 0 Å². The average Bonchev–Trinajstić information content (AvgIpc) is 2.78. The standard InChI is InChI=1S/C15H17NS/c1-3-5-12(4-2)14-10-17-15-8-11(9-16)6-7-13(14)15/h6-8,10,12H,3-5H2,1-2H3. The summed E-state index contributed by atoms with van der Waals surface area (Å²) in [4.78, 5) is 0. The van der Waals surface area contributed by atoms with Crippen molar-refractivity contribution in [2.24, 2.45) is 0 Å². The summed E-state index contributed by atoms with van der Waals surface area (Å²) in [7, 11) is 0. The van der Waals surface area contributed by atoms with Crippen LogP contribution in [0, 0.1) is 11.3 Å². The fourth-order valence-electron chi connectivity index (χ4n) is 2.36. The SMILES string of the molecule is CCCC(CC)c1csc2cc(C#N)ccc12. The molecule has 0 N–H and O–H groups in total. The van der Waals surface area contributed by atoms with E-state index < -0.39 is 0 Å². The number of hydrogen-bond acceptors (Lipinski definition) is 2.